The molecule has 156 valence electrons. The molecule has 0 atom stereocenters. The Morgan fingerprint density at radius 2 is 1.87 bits per heavy atom. The highest BCUT2D eigenvalue weighted by Crippen LogP contribution is 2.40. The highest BCUT2D eigenvalue weighted by molar-refractivity contribution is 7.99. The third-order valence-electron chi connectivity index (χ3n) is 4.77. The smallest absolute Gasteiger partial charge is 0.283 e. The van der Waals surface area contributed by atoms with E-state index in [0.29, 0.717) is 48.3 Å². The minimum absolute atomic E-state index is 0.00772. The van der Waals surface area contributed by atoms with Crippen LogP contribution in [0.4, 0.5) is 5.69 Å². The lowest BCUT2D eigenvalue weighted by Gasteiger charge is -2.26. The zero-order valence-corrected chi connectivity index (χ0v) is 17.0. The Labute approximate surface area is 178 Å². The molecule has 2 aliphatic heterocycles. The fourth-order valence-electron chi connectivity index (χ4n) is 3.24. The molecule has 2 aliphatic rings. The third kappa shape index (κ3) is 4.74. The van der Waals surface area contributed by atoms with Crippen LogP contribution in [0.1, 0.15) is 5.56 Å². The fraction of sp³-hybridized carbons (Fsp3) is 0.286. The van der Waals surface area contributed by atoms with Crippen LogP contribution in [-0.4, -0.2) is 55.1 Å². The van der Waals surface area contributed by atoms with Gasteiger partial charge in [-0.15, -0.1) is 0 Å². The summed E-state index contributed by atoms with van der Waals surface area (Å²) in [6.45, 7) is 3.86. The first-order chi connectivity index (χ1) is 14.6. The van der Waals surface area contributed by atoms with Crippen molar-refractivity contribution in [2.24, 2.45) is 0 Å². The molecule has 0 spiro atoms. The minimum atomic E-state index is -0.407. The summed E-state index contributed by atoms with van der Waals surface area (Å²) in [5, 5.41) is 14.8. The summed E-state index contributed by atoms with van der Waals surface area (Å²) in [6.07, 6.45) is 3.09. The zero-order chi connectivity index (χ0) is 20.9. The molecule has 0 saturated carbocycles. The Morgan fingerprint density at radius 3 is 2.63 bits per heavy atom. The highest BCUT2D eigenvalue weighted by atomic mass is 32.2. The molecular formula is C21H21N3O5S. The zero-order valence-electron chi connectivity index (χ0n) is 16.2. The van der Waals surface area contributed by atoms with E-state index in [1.54, 1.807) is 23.1 Å². The van der Waals surface area contributed by atoms with Crippen molar-refractivity contribution in [1.82, 2.24) is 10.2 Å². The van der Waals surface area contributed by atoms with E-state index in [9.17, 15) is 14.9 Å². The summed E-state index contributed by atoms with van der Waals surface area (Å²) in [5.41, 5.74) is 0.600. The molecule has 8 nitrogen and oxygen atoms in total. The topological polar surface area (TPSA) is 93.9 Å². The van der Waals surface area contributed by atoms with Crippen LogP contribution in [0.15, 0.2) is 52.3 Å². The van der Waals surface area contributed by atoms with Crippen LogP contribution in [0.3, 0.4) is 0 Å². The number of nitrogens with one attached hydrogen (secondary N) is 1. The van der Waals surface area contributed by atoms with Crippen molar-refractivity contribution in [2.45, 2.75) is 9.79 Å². The van der Waals surface area contributed by atoms with Gasteiger partial charge in [0.05, 0.1) is 9.82 Å². The molecule has 1 N–H and O–H groups in total. The summed E-state index contributed by atoms with van der Waals surface area (Å²) >= 11 is 1.29. The highest BCUT2D eigenvalue weighted by Gasteiger charge is 2.18. The molecule has 0 radical (unpaired) electrons. The second kappa shape index (κ2) is 9.19. The van der Waals surface area contributed by atoms with Crippen molar-refractivity contribution in [3.63, 3.8) is 0 Å². The van der Waals surface area contributed by atoms with Crippen molar-refractivity contribution >= 4 is 29.4 Å². The maximum atomic E-state index is 12.3. The van der Waals surface area contributed by atoms with E-state index in [-0.39, 0.29) is 11.6 Å². The molecule has 2 heterocycles. The summed E-state index contributed by atoms with van der Waals surface area (Å²) in [6, 6.07) is 10.4. The Bertz CT molecular complexity index is 989. The second-order valence-corrected chi connectivity index (χ2v) is 7.92. The average molecular weight is 427 g/mol. The Hall–Kier alpha value is -3.04. The number of piperazine rings is 1. The average Bonchev–Trinajstić information content (AvgIpc) is 2.78. The van der Waals surface area contributed by atoms with Crippen molar-refractivity contribution < 1.29 is 19.2 Å². The van der Waals surface area contributed by atoms with Crippen LogP contribution < -0.4 is 14.8 Å². The maximum absolute atomic E-state index is 12.3. The van der Waals surface area contributed by atoms with Crippen molar-refractivity contribution in [1.29, 1.82) is 0 Å². The number of rotatable bonds is 5. The van der Waals surface area contributed by atoms with Crippen LogP contribution in [-0.2, 0) is 4.79 Å². The number of carbonyl (C=O) groups is 1. The van der Waals surface area contributed by atoms with Crippen molar-refractivity contribution in [3.8, 4) is 11.5 Å². The minimum Gasteiger partial charge on any atom is -0.486 e. The van der Waals surface area contributed by atoms with E-state index in [0.717, 1.165) is 18.0 Å². The van der Waals surface area contributed by atoms with E-state index in [1.165, 1.54) is 23.9 Å². The summed E-state index contributed by atoms with van der Waals surface area (Å²) in [4.78, 5) is 26.6. The molecule has 9 heteroatoms. The molecule has 0 bridgehead atoms. The summed E-state index contributed by atoms with van der Waals surface area (Å²) in [5.74, 6) is 1.23. The summed E-state index contributed by atoms with van der Waals surface area (Å²) < 4.78 is 11.1. The van der Waals surface area contributed by atoms with Crippen LogP contribution in [0.5, 0.6) is 11.5 Å². The number of hydrogen-bond acceptors (Lipinski definition) is 7. The Morgan fingerprint density at radius 1 is 1.10 bits per heavy atom. The van der Waals surface area contributed by atoms with Crippen molar-refractivity contribution in [3.05, 3.63) is 58.2 Å². The van der Waals surface area contributed by atoms with Gasteiger partial charge in [0.25, 0.3) is 5.69 Å². The number of benzene rings is 2. The van der Waals surface area contributed by atoms with Gasteiger partial charge < -0.3 is 19.7 Å². The van der Waals surface area contributed by atoms with E-state index < -0.39 is 4.92 Å². The molecule has 2 aromatic rings. The lowest BCUT2D eigenvalue weighted by molar-refractivity contribution is -0.387. The lowest BCUT2D eigenvalue weighted by atomic mass is 10.2. The predicted octanol–water partition coefficient (Wildman–Crippen LogP) is 2.96. The number of amides is 1. The SMILES string of the molecule is O=C(C=Cc1ccc(Sc2ccc3c(c2)OCCO3)c([N+](=O)[O-])c1)N1CCNCC1. The van der Waals surface area contributed by atoms with Gasteiger partial charge in [-0.2, -0.15) is 0 Å². The number of fused-ring (bicyclic) bond motifs is 1. The Kier molecular flexibility index (Phi) is 6.20. The van der Waals surface area contributed by atoms with Crippen molar-refractivity contribution in [2.75, 3.05) is 39.4 Å². The van der Waals surface area contributed by atoms with Gasteiger partial charge in [0.2, 0.25) is 5.91 Å². The van der Waals surface area contributed by atoms with Gasteiger partial charge in [0.15, 0.2) is 11.5 Å². The molecule has 2 aromatic carbocycles. The van der Waals surface area contributed by atoms with E-state index >= 15 is 0 Å². The molecule has 30 heavy (non-hydrogen) atoms. The van der Waals surface area contributed by atoms with Crippen LogP contribution in [0, 0.1) is 10.1 Å². The number of nitro benzene ring substituents is 1. The third-order valence-corrected chi connectivity index (χ3v) is 5.82. The summed E-state index contributed by atoms with van der Waals surface area (Å²) in [7, 11) is 0. The molecule has 0 aliphatic carbocycles. The Balaban J connectivity index is 1.51. The lowest BCUT2D eigenvalue weighted by Crippen LogP contribution is -2.45. The number of nitro groups is 1. The van der Waals surface area contributed by atoms with Gasteiger partial charge in [0, 0.05) is 43.2 Å². The van der Waals surface area contributed by atoms with Gasteiger partial charge in [-0.1, -0.05) is 17.8 Å². The molecule has 1 amide bonds. The van der Waals surface area contributed by atoms with Crippen LogP contribution in [0.2, 0.25) is 0 Å². The molecule has 1 saturated heterocycles. The molecule has 0 aromatic heterocycles. The first-order valence-corrected chi connectivity index (χ1v) is 10.5. The number of nitrogens with zero attached hydrogens (tertiary/aromatic N) is 2. The first-order valence-electron chi connectivity index (χ1n) is 9.64. The maximum Gasteiger partial charge on any atom is 0.283 e. The molecule has 1 fully saturated rings. The fourth-order valence-corrected chi connectivity index (χ4v) is 4.17. The molecule has 0 unspecified atom stereocenters. The monoisotopic (exact) mass is 427 g/mol. The van der Waals surface area contributed by atoms with Gasteiger partial charge in [0.1, 0.15) is 13.2 Å². The first kappa shape index (κ1) is 20.2. The van der Waals surface area contributed by atoms with E-state index in [1.807, 2.05) is 18.2 Å². The molecule has 4 rings (SSSR count). The van der Waals surface area contributed by atoms with E-state index in [2.05, 4.69) is 5.32 Å². The second-order valence-electron chi connectivity index (χ2n) is 6.80. The number of ether oxygens (including phenoxy) is 2. The largest absolute Gasteiger partial charge is 0.486 e. The number of carbonyl (C=O) groups excluding carboxylic acids is 1. The van der Waals surface area contributed by atoms with Gasteiger partial charge in [-0.25, -0.2) is 0 Å². The van der Waals surface area contributed by atoms with Crippen LogP contribution in [0.25, 0.3) is 6.08 Å². The normalized spacial score (nSPS) is 15.9. The molecular weight excluding hydrogens is 406 g/mol. The quantitative estimate of drug-likeness (QED) is 0.445. The van der Waals surface area contributed by atoms with Crippen LogP contribution >= 0.6 is 11.8 Å². The van der Waals surface area contributed by atoms with E-state index in [4.69, 9.17) is 9.47 Å². The van der Waals surface area contributed by atoms with Gasteiger partial charge in [-0.05, 0) is 35.9 Å². The predicted molar refractivity (Wildman–Crippen MR) is 113 cm³/mol. The standard InChI is InChI=1S/C21H21N3O5S/c25-21(23-9-7-22-8-10-23)6-2-15-1-5-20(17(13-15)24(26)27)30-16-3-4-18-19(14-16)29-12-11-28-18/h1-6,13-14,22H,7-12H2. The number of hydrogen-bond donors (Lipinski definition) is 1. The van der Waals surface area contributed by atoms with Gasteiger partial charge >= 0.3 is 0 Å². The van der Waals surface area contributed by atoms with Gasteiger partial charge in [-0.3, -0.25) is 14.9 Å².